The van der Waals surface area contributed by atoms with Crippen molar-refractivity contribution in [1.29, 1.82) is 0 Å². The quantitative estimate of drug-likeness (QED) is 0.455. The van der Waals surface area contributed by atoms with Gasteiger partial charge in [0.15, 0.2) is 0 Å². The van der Waals surface area contributed by atoms with E-state index >= 15 is 0 Å². The maximum atomic E-state index is 4.31. The van der Waals surface area contributed by atoms with Crippen molar-refractivity contribution < 1.29 is 0 Å². The van der Waals surface area contributed by atoms with Crippen LogP contribution in [0, 0.1) is 0 Å². The number of rotatable bonds is 0. The highest BCUT2D eigenvalue weighted by atomic mass is 32.1. The van der Waals surface area contributed by atoms with E-state index in [1.165, 1.54) is 19.5 Å². The van der Waals surface area contributed by atoms with Crippen molar-refractivity contribution in [3.05, 3.63) is 0 Å². The smallest absolute Gasteiger partial charge is 0.0156 e. The molecule has 1 aliphatic rings. The molecule has 42 valence electrons. The molecule has 0 amide bonds. The molecule has 2 heteroatoms. The minimum atomic E-state index is 0.644. The molecule has 1 nitrogen and oxygen atoms in total. The van der Waals surface area contributed by atoms with Crippen LogP contribution in [0.2, 0.25) is 0 Å². The van der Waals surface area contributed by atoms with Crippen LogP contribution in [-0.4, -0.2) is 30.3 Å². The summed E-state index contributed by atoms with van der Waals surface area (Å²) in [4.78, 5) is 2.30. The minimum Gasteiger partial charge on any atom is -0.305 e. The van der Waals surface area contributed by atoms with E-state index in [0.29, 0.717) is 5.25 Å². The summed E-state index contributed by atoms with van der Waals surface area (Å²) in [6.07, 6.45) is 1.26. The van der Waals surface area contributed by atoms with Gasteiger partial charge in [0.25, 0.3) is 0 Å². The van der Waals surface area contributed by atoms with E-state index in [-0.39, 0.29) is 0 Å². The van der Waals surface area contributed by atoms with E-state index < -0.39 is 0 Å². The van der Waals surface area contributed by atoms with Gasteiger partial charge in [-0.1, -0.05) is 0 Å². The van der Waals surface area contributed by atoms with Crippen LogP contribution in [0.15, 0.2) is 0 Å². The zero-order valence-corrected chi connectivity index (χ0v) is 5.49. The van der Waals surface area contributed by atoms with Crippen LogP contribution in [0.3, 0.4) is 0 Å². The van der Waals surface area contributed by atoms with Gasteiger partial charge in [0, 0.05) is 11.8 Å². The van der Waals surface area contributed by atoms with Crippen LogP contribution in [0.5, 0.6) is 0 Å². The van der Waals surface area contributed by atoms with Crippen molar-refractivity contribution in [3.8, 4) is 0 Å². The Balaban J connectivity index is 2.26. The van der Waals surface area contributed by atoms with Gasteiger partial charge < -0.3 is 4.90 Å². The van der Waals surface area contributed by atoms with Gasteiger partial charge in [-0.05, 0) is 20.0 Å². The van der Waals surface area contributed by atoms with Crippen molar-refractivity contribution in [2.75, 3.05) is 20.1 Å². The number of hydrogen-bond donors (Lipinski definition) is 1. The Kier molecular flexibility index (Phi) is 1.60. The van der Waals surface area contributed by atoms with E-state index in [1.807, 2.05) is 0 Å². The average Bonchev–Trinajstić information content (AvgIpc) is 1.87. The molecule has 0 aromatic carbocycles. The summed E-state index contributed by atoms with van der Waals surface area (Å²) in [5.41, 5.74) is 0. The Hall–Kier alpha value is 0.310. The molecule has 1 rings (SSSR count). The van der Waals surface area contributed by atoms with Gasteiger partial charge in [0.1, 0.15) is 0 Å². The van der Waals surface area contributed by atoms with Gasteiger partial charge in [0.2, 0.25) is 0 Å². The minimum absolute atomic E-state index is 0.644. The molecule has 0 radical (unpaired) electrons. The molecule has 0 aromatic rings. The van der Waals surface area contributed by atoms with E-state index in [2.05, 4.69) is 24.6 Å². The van der Waals surface area contributed by atoms with Crippen LogP contribution < -0.4 is 0 Å². The van der Waals surface area contributed by atoms with Crippen molar-refractivity contribution in [1.82, 2.24) is 4.90 Å². The van der Waals surface area contributed by atoms with Gasteiger partial charge in [-0.15, -0.1) is 0 Å². The standard InChI is InChI=1S/C5H11NS/c1-6-3-2-5(7)4-6/h5,7H,2-4H2,1H3. The molecule has 1 aliphatic heterocycles. The highest BCUT2D eigenvalue weighted by molar-refractivity contribution is 7.81. The number of nitrogens with zero attached hydrogens (tertiary/aromatic N) is 1. The fourth-order valence-corrected chi connectivity index (χ4v) is 1.31. The molecular weight excluding hydrogens is 106 g/mol. The normalized spacial score (nSPS) is 34.3. The van der Waals surface area contributed by atoms with Crippen LogP contribution in [-0.2, 0) is 0 Å². The first-order valence-corrected chi connectivity index (χ1v) is 3.17. The Morgan fingerprint density at radius 1 is 1.71 bits per heavy atom. The van der Waals surface area contributed by atoms with Gasteiger partial charge >= 0.3 is 0 Å². The molecule has 0 saturated carbocycles. The van der Waals surface area contributed by atoms with Gasteiger partial charge in [-0.25, -0.2) is 0 Å². The number of thiol groups is 1. The Morgan fingerprint density at radius 2 is 2.43 bits per heavy atom. The Morgan fingerprint density at radius 3 is 2.57 bits per heavy atom. The summed E-state index contributed by atoms with van der Waals surface area (Å²) in [5, 5.41) is 0.644. The molecule has 1 atom stereocenters. The molecule has 0 aromatic heterocycles. The van der Waals surface area contributed by atoms with Crippen molar-refractivity contribution in [2.24, 2.45) is 0 Å². The number of likely N-dealkylation sites (tertiary alicyclic amines) is 1. The van der Waals surface area contributed by atoms with Crippen LogP contribution in [0.25, 0.3) is 0 Å². The van der Waals surface area contributed by atoms with Gasteiger partial charge in [-0.3, -0.25) is 0 Å². The monoisotopic (exact) mass is 117 g/mol. The lowest BCUT2D eigenvalue weighted by Gasteiger charge is -2.03. The second-order valence-corrected chi connectivity index (χ2v) is 2.94. The molecule has 0 N–H and O–H groups in total. The first-order valence-electron chi connectivity index (χ1n) is 2.65. The predicted molar refractivity (Wildman–Crippen MR) is 34.9 cm³/mol. The number of hydrogen-bond acceptors (Lipinski definition) is 2. The third-order valence-electron chi connectivity index (χ3n) is 1.37. The van der Waals surface area contributed by atoms with Gasteiger partial charge in [0.05, 0.1) is 0 Å². The first-order chi connectivity index (χ1) is 3.29. The highest BCUT2D eigenvalue weighted by Crippen LogP contribution is 2.10. The molecule has 0 bridgehead atoms. The predicted octanol–water partition coefficient (Wildman–Crippen LogP) is 0.620. The third-order valence-corrected chi connectivity index (χ3v) is 1.79. The molecule has 1 heterocycles. The Labute approximate surface area is 50.1 Å². The average molecular weight is 117 g/mol. The third kappa shape index (κ3) is 1.35. The molecular formula is C5H11NS. The fraction of sp³-hybridized carbons (Fsp3) is 1.00. The summed E-state index contributed by atoms with van der Waals surface area (Å²) in [7, 11) is 2.14. The fourth-order valence-electron chi connectivity index (χ4n) is 0.912. The molecule has 1 unspecified atom stereocenters. The van der Waals surface area contributed by atoms with E-state index in [0.717, 1.165) is 0 Å². The summed E-state index contributed by atoms with van der Waals surface area (Å²) in [6, 6.07) is 0. The molecule has 0 spiro atoms. The Bertz CT molecular complexity index is 57.1. The maximum absolute atomic E-state index is 4.31. The van der Waals surface area contributed by atoms with Gasteiger partial charge in [-0.2, -0.15) is 12.6 Å². The van der Waals surface area contributed by atoms with E-state index in [9.17, 15) is 0 Å². The zero-order valence-electron chi connectivity index (χ0n) is 4.59. The zero-order chi connectivity index (χ0) is 5.28. The lowest BCUT2D eigenvalue weighted by molar-refractivity contribution is 0.419. The second-order valence-electron chi connectivity index (χ2n) is 2.20. The first kappa shape index (κ1) is 5.45. The maximum Gasteiger partial charge on any atom is 0.0156 e. The lowest BCUT2D eigenvalue weighted by Crippen LogP contribution is -2.13. The largest absolute Gasteiger partial charge is 0.305 e. The summed E-state index contributed by atoms with van der Waals surface area (Å²) in [5.74, 6) is 0. The second kappa shape index (κ2) is 2.05. The van der Waals surface area contributed by atoms with Crippen molar-refractivity contribution in [2.45, 2.75) is 11.7 Å². The summed E-state index contributed by atoms with van der Waals surface area (Å²) < 4.78 is 0. The summed E-state index contributed by atoms with van der Waals surface area (Å²) in [6.45, 7) is 2.40. The summed E-state index contributed by atoms with van der Waals surface area (Å²) >= 11 is 4.31. The van der Waals surface area contributed by atoms with E-state index in [1.54, 1.807) is 0 Å². The topological polar surface area (TPSA) is 3.24 Å². The SMILES string of the molecule is CN1CCC(S)C1. The van der Waals surface area contributed by atoms with Crippen LogP contribution in [0.4, 0.5) is 0 Å². The van der Waals surface area contributed by atoms with Crippen molar-refractivity contribution >= 4 is 12.6 Å². The highest BCUT2D eigenvalue weighted by Gasteiger charge is 2.14. The van der Waals surface area contributed by atoms with E-state index in [4.69, 9.17) is 0 Å². The molecule has 7 heavy (non-hydrogen) atoms. The molecule has 1 saturated heterocycles. The molecule has 0 aliphatic carbocycles. The van der Waals surface area contributed by atoms with Crippen molar-refractivity contribution in [3.63, 3.8) is 0 Å². The molecule has 1 fully saturated rings. The lowest BCUT2D eigenvalue weighted by atomic mass is 10.4. The van der Waals surface area contributed by atoms with Crippen LogP contribution in [0.1, 0.15) is 6.42 Å². The van der Waals surface area contributed by atoms with Crippen LogP contribution >= 0.6 is 12.6 Å².